The quantitative estimate of drug-likeness (QED) is 0.524. The summed E-state index contributed by atoms with van der Waals surface area (Å²) >= 11 is 1.35. The average Bonchev–Trinajstić information content (AvgIpc) is 3.43. The molecule has 156 valence electrons. The Kier molecular flexibility index (Phi) is 6.87. The second kappa shape index (κ2) is 9.37. The smallest absolute Gasteiger partial charge is 0.355 e. The summed E-state index contributed by atoms with van der Waals surface area (Å²) in [5, 5.41) is 1.84. The molecule has 1 amide bonds. The van der Waals surface area contributed by atoms with Gasteiger partial charge in [-0.1, -0.05) is 6.07 Å². The number of hydrogen-bond donors (Lipinski definition) is 1. The van der Waals surface area contributed by atoms with Crippen molar-refractivity contribution in [2.45, 2.75) is 39.7 Å². The Hall–Kier alpha value is -2.45. The van der Waals surface area contributed by atoms with E-state index in [2.05, 4.69) is 4.98 Å². The second-order valence-corrected chi connectivity index (χ2v) is 8.01. The number of ether oxygens (including phenoxy) is 2. The van der Waals surface area contributed by atoms with Crippen LogP contribution in [-0.2, 0) is 9.47 Å². The van der Waals surface area contributed by atoms with Crippen LogP contribution in [0.15, 0.2) is 17.5 Å². The SMILES string of the molecule is CCOC(=O)c1[nH]c(C)c(C(=O)CN(CC2CCCO2)C(=O)c2cccs2)c1C. The van der Waals surface area contributed by atoms with Gasteiger partial charge in [0.2, 0.25) is 0 Å². The Morgan fingerprint density at radius 3 is 2.76 bits per heavy atom. The van der Waals surface area contributed by atoms with E-state index in [9.17, 15) is 14.4 Å². The summed E-state index contributed by atoms with van der Waals surface area (Å²) in [6, 6.07) is 3.57. The summed E-state index contributed by atoms with van der Waals surface area (Å²) in [4.78, 5) is 43.3. The predicted molar refractivity (Wildman–Crippen MR) is 110 cm³/mol. The molecule has 0 bridgehead atoms. The fourth-order valence-corrected chi connectivity index (χ4v) is 4.33. The third-order valence-corrected chi connectivity index (χ3v) is 5.86. The fourth-order valence-electron chi connectivity index (χ4n) is 3.64. The molecule has 0 spiro atoms. The minimum atomic E-state index is -0.488. The number of thiophene rings is 1. The van der Waals surface area contributed by atoms with Crippen molar-refractivity contribution in [3.8, 4) is 0 Å². The number of aromatic amines is 1. The molecule has 0 aromatic carbocycles. The van der Waals surface area contributed by atoms with Gasteiger partial charge in [0.1, 0.15) is 5.69 Å². The Labute approximate surface area is 174 Å². The molecule has 0 radical (unpaired) electrons. The first-order valence-electron chi connectivity index (χ1n) is 9.76. The Bertz CT molecular complexity index is 881. The molecule has 1 N–H and O–H groups in total. The van der Waals surface area contributed by atoms with Crippen LogP contribution < -0.4 is 0 Å². The maximum absolute atomic E-state index is 13.1. The zero-order valence-electron chi connectivity index (χ0n) is 16.9. The van der Waals surface area contributed by atoms with Crippen molar-refractivity contribution >= 4 is 29.0 Å². The number of aryl methyl sites for hydroxylation is 1. The van der Waals surface area contributed by atoms with Gasteiger partial charge >= 0.3 is 5.97 Å². The normalized spacial score (nSPS) is 16.0. The van der Waals surface area contributed by atoms with E-state index in [1.54, 1.807) is 31.7 Å². The molecule has 8 heteroatoms. The molecule has 0 aliphatic carbocycles. The minimum Gasteiger partial charge on any atom is -0.461 e. The molecule has 1 saturated heterocycles. The van der Waals surface area contributed by atoms with Crippen LogP contribution >= 0.6 is 11.3 Å². The van der Waals surface area contributed by atoms with Gasteiger partial charge in [-0.25, -0.2) is 4.79 Å². The lowest BCUT2D eigenvalue weighted by atomic mass is 10.0. The van der Waals surface area contributed by atoms with E-state index < -0.39 is 5.97 Å². The van der Waals surface area contributed by atoms with Crippen molar-refractivity contribution in [2.75, 3.05) is 26.3 Å². The number of aromatic nitrogens is 1. The molecule has 0 saturated carbocycles. The van der Waals surface area contributed by atoms with Crippen LogP contribution in [0.2, 0.25) is 0 Å². The van der Waals surface area contributed by atoms with Crippen molar-refractivity contribution in [1.82, 2.24) is 9.88 Å². The number of nitrogens with one attached hydrogen (secondary N) is 1. The van der Waals surface area contributed by atoms with Crippen LogP contribution in [-0.4, -0.2) is 60.0 Å². The molecule has 1 aliphatic heterocycles. The van der Waals surface area contributed by atoms with Crippen LogP contribution in [0.25, 0.3) is 0 Å². The average molecular weight is 419 g/mol. The molecule has 3 rings (SSSR count). The van der Waals surface area contributed by atoms with Gasteiger partial charge in [0.15, 0.2) is 5.78 Å². The largest absolute Gasteiger partial charge is 0.461 e. The van der Waals surface area contributed by atoms with E-state index in [-0.39, 0.29) is 36.6 Å². The van der Waals surface area contributed by atoms with Gasteiger partial charge in [-0.3, -0.25) is 9.59 Å². The lowest BCUT2D eigenvalue weighted by Gasteiger charge is -2.24. The highest BCUT2D eigenvalue weighted by Crippen LogP contribution is 2.22. The molecule has 3 heterocycles. The van der Waals surface area contributed by atoms with Gasteiger partial charge in [0, 0.05) is 24.4 Å². The van der Waals surface area contributed by atoms with Gasteiger partial charge < -0.3 is 19.4 Å². The lowest BCUT2D eigenvalue weighted by molar-refractivity contribution is 0.0508. The lowest BCUT2D eigenvalue weighted by Crippen LogP contribution is -2.40. The van der Waals surface area contributed by atoms with E-state index in [1.807, 2.05) is 11.4 Å². The maximum Gasteiger partial charge on any atom is 0.355 e. The van der Waals surface area contributed by atoms with Crippen LogP contribution in [0.5, 0.6) is 0 Å². The van der Waals surface area contributed by atoms with E-state index >= 15 is 0 Å². The van der Waals surface area contributed by atoms with Crippen molar-refractivity contribution in [3.05, 3.63) is 44.9 Å². The molecule has 1 fully saturated rings. The summed E-state index contributed by atoms with van der Waals surface area (Å²) in [7, 11) is 0. The highest BCUT2D eigenvalue weighted by atomic mass is 32.1. The molecule has 1 unspecified atom stereocenters. The van der Waals surface area contributed by atoms with Crippen LogP contribution in [0, 0.1) is 13.8 Å². The summed E-state index contributed by atoms with van der Waals surface area (Å²) in [6.45, 7) is 6.42. The van der Waals surface area contributed by atoms with Crippen molar-refractivity contribution in [2.24, 2.45) is 0 Å². The number of carbonyl (C=O) groups is 3. The topological polar surface area (TPSA) is 88.7 Å². The van der Waals surface area contributed by atoms with E-state index in [1.165, 1.54) is 11.3 Å². The molecule has 29 heavy (non-hydrogen) atoms. The number of H-pyrrole nitrogens is 1. The van der Waals surface area contributed by atoms with Crippen LogP contribution in [0.1, 0.15) is 61.5 Å². The Balaban J connectivity index is 1.82. The second-order valence-electron chi connectivity index (χ2n) is 7.07. The first kappa shape index (κ1) is 21.3. The molecule has 2 aromatic heterocycles. The van der Waals surface area contributed by atoms with Gasteiger partial charge in [0.25, 0.3) is 5.91 Å². The molecular weight excluding hydrogens is 392 g/mol. The highest BCUT2D eigenvalue weighted by Gasteiger charge is 2.29. The molecule has 7 nitrogen and oxygen atoms in total. The number of carbonyl (C=O) groups excluding carboxylic acids is 3. The minimum absolute atomic E-state index is 0.0600. The predicted octanol–water partition coefficient (Wildman–Crippen LogP) is 3.37. The summed E-state index contributed by atoms with van der Waals surface area (Å²) in [6.07, 6.45) is 1.77. The Morgan fingerprint density at radius 2 is 2.14 bits per heavy atom. The zero-order chi connectivity index (χ0) is 21.0. The van der Waals surface area contributed by atoms with E-state index in [0.29, 0.717) is 34.8 Å². The molecular formula is C21H26N2O5S. The summed E-state index contributed by atoms with van der Waals surface area (Å²) in [5.74, 6) is -0.881. The highest BCUT2D eigenvalue weighted by molar-refractivity contribution is 7.12. The van der Waals surface area contributed by atoms with Gasteiger partial charge in [0.05, 0.1) is 24.1 Å². The third kappa shape index (κ3) is 4.76. The number of esters is 1. The number of amides is 1. The first-order chi connectivity index (χ1) is 13.9. The molecule has 2 aromatic rings. The van der Waals surface area contributed by atoms with Gasteiger partial charge in [-0.05, 0) is 50.6 Å². The van der Waals surface area contributed by atoms with Gasteiger partial charge in [-0.2, -0.15) is 0 Å². The van der Waals surface area contributed by atoms with E-state index in [0.717, 1.165) is 12.8 Å². The van der Waals surface area contributed by atoms with Crippen LogP contribution in [0.4, 0.5) is 0 Å². The van der Waals surface area contributed by atoms with Crippen molar-refractivity contribution < 1.29 is 23.9 Å². The van der Waals surface area contributed by atoms with Gasteiger partial charge in [-0.15, -0.1) is 11.3 Å². The summed E-state index contributed by atoms with van der Waals surface area (Å²) < 4.78 is 10.7. The summed E-state index contributed by atoms with van der Waals surface area (Å²) in [5.41, 5.74) is 1.86. The maximum atomic E-state index is 13.1. The van der Waals surface area contributed by atoms with Crippen molar-refractivity contribution in [3.63, 3.8) is 0 Å². The Morgan fingerprint density at radius 1 is 1.34 bits per heavy atom. The molecule has 1 atom stereocenters. The number of Topliss-reactive ketones (excluding diaryl/α,β-unsaturated/α-hetero) is 1. The molecule has 1 aliphatic rings. The monoisotopic (exact) mass is 418 g/mol. The van der Waals surface area contributed by atoms with Crippen LogP contribution in [0.3, 0.4) is 0 Å². The first-order valence-corrected chi connectivity index (χ1v) is 10.6. The zero-order valence-corrected chi connectivity index (χ0v) is 17.8. The number of hydrogen-bond acceptors (Lipinski definition) is 6. The fraction of sp³-hybridized carbons (Fsp3) is 0.476. The standard InChI is InChI=1S/C21H26N2O5S/c1-4-27-21(26)19-13(2)18(14(3)22-19)16(24)12-23(11-15-7-5-9-28-15)20(25)17-8-6-10-29-17/h6,8,10,15,22H,4-5,7,9,11-12H2,1-3H3. The third-order valence-electron chi connectivity index (χ3n) is 5.00. The number of nitrogens with zero attached hydrogens (tertiary/aromatic N) is 1. The van der Waals surface area contributed by atoms with E-state index in [4.69, 9.17) is 9.47 Å². The number of rotatable bonds is 8. The van der Waals surface area contributed by atoms with Crippen molar-refractivity contribution in [1.29, 1.82) is 0 Å². The number of ketones is 1.